The van der Waals surface area contributed by atoms with Crippen molar-refractivity contribution in [2.24, 2.45) is 0 Å². The Labute approximate surface area is 131 Å². The molecule has 0 spiro atoms. The number of anilines is 2. The summed E-state index contributed by atoms with van der Waals surface area (Å²) in [4.78, 5) is 9.23. The molecule has 2 rings (SSSR count). The number of benzene rings is 1. The average molecular weight is 346 g/mol. The van der Waals surface area contributed by atoms with Gasteiger partial charge in [0, 0.05) is 14.1 Å². The molecule has 0 atom stereocenters. The summed E-state index contributed by atoms with van der Waals surface area (Å²) in [6, 6.07) is 3.20. The Bertz CT molecular complexity index is 772. The molecule has 2 aromatic rings. The van der Waals surface area contributed by atoms with Gasteiger partial charge in [-0.2, -0.15) is 13.2 Å². The predicted octanol–water partition coefficient (Wildman–Crippen LogP) is 2.36. The van der Waals surface area contributed by atoms with Crippen LogP contribution in [0, 0.1) is 0 Å². The molecule has 0 saturated heterocycles. The highest BCUT2D eigenvalue weighted by molar-refractivity contribution is 7.92. The molecule has 23 heavy (non-hydrogen) atoms. The topological polar surface area (TPSA) is 75.2 Å². The molecule has 10 heteroatoms. The summed E-state index contributed by atoms with van der Waals surface area (Å²) >= 11 is 0. The van der Waals surface area contributed by atoms with Gasteiger partial charge in [0.2, 0.25) is 5.95 Å². The van der Waals surface area contributed by atoms with Crippen LogP contribution in [0.25, 0.3) is 0 Å². The summed E-state index contributed by atoms with van der Waals surface area (Å²) < 4.78 is 63.9. The Balaban J connectivity index is 2.21. The number of hydrogen-bond donors (Lipinski definition) is 1. The summed E-state index contributed by atoms with van der Waals surface area (Å²) in [5.41, 5.74) is -0.814. The van der Waals surface area contributed by atoms with Gasteiger partial charge in [0.15, 0.2) is 0 Å². The highest BCUT2D eigenvalue weighted by Gasteiger charge is 2.30. The minimum atomic E-state index is -4.52. The number of rotatable bonds is 4. The minimum absolute atomic E-state index is 0.107. The van der Waals surface area contributed by atoms with Gasteiger partial charge in [-0.05, 0) is 24.3 Å². The SMILES string of the molecule is CN(C)c1ncc(NS(=O)(=O)c2ccc(C(F)(F)F)cc2)cn1. The van der Waals surface area contributed by atoms with E-state index in [4.69, 9.17) is 0 Å². The molecule has 0 aliphatic carbocycles. The Hall–Kier alpha value is -2.36. The van der Waals surface area contributed by atoms with Crippen molar-refractivity contribution in [3.8, 4) is 0 Å². The van der Waals surface area contributed by atoms with Gasteiger partial charge in [-0.3, -0.25) is 4.72 Å². The molecule has 1 aromatic heterocycles. The van der Waals surface area contributed by atoms with Gasteiger partial charge in [0.25, 0.3) is 10.0 Å². The Morgan fingerprint density at radius 1 is 1.04 bits per heavy atom. The van der Waals surface area contributed by atoms with E-state index >= 15 is 0 Å². The largest absolute Gasteiger partial charge is 0.416 e. The van der Waals surface area contributed by atoms with Crippen LogP contribution < -0.4 is 9.62 Å². The van der Waals surface area contributed by atoms with Crippen LogP contribution in [0.2, 0.25) is 0 Å². The van der Waals surface area contributed by atoms with E-state index in [0.717, 1.165) is 12.1 Å². The van der Waals surface area contributed by atoms with Crippen molar-refractivity contribution >= 4 is 21.7 Å². The first-order valence-corrected chi connectivity index (χ1v) is 7.77. The third-order valence-corrected chi connectivity index (χ3v) is 4.18. The molecule has 0 aliphatic heterocycles. The molecule has 0 radical (unpaired) electrons. The van der Waals surface area contributed by atoms with Crippen molar-refractivity contribution in [3.05, 3.63) is 42.2 Å². The van der Waals surface area contributed by atoms with E-state index in [2.05, 4.69) is 14.7 Å². The van der Waals surface area contributed by atoms with Crippen LogP contribution in [0.3, 0.4) is 0 Å². The summed E-state index contributed by atoms with van der Waals surface area (Å²) in [6.07, 6.45) is -1.99. The minimum Gasteiger partial charge on any atom is -0.347 e. The molecule has 124 valence electrons. The molecule has 1 heterocycles. The first kappa shape index (κ1) is 17.0. The fraction of sp³-hybridized carbons (Fsp3) is 0.231. The van der Waals surface area contributed by atoms with Gasteiger partial charge in [0.05, 0.1) is 28.5 Å². The molecule has 6 nitrogen and oxygen atoms in total. The normalized spacial score (nSPS) is 12.0. The van der Waals surface area contributed by atoms with Crippen molar-refractivity contribution in [2.45, 2.75) is 11.1 Å². The smallest absolute Gasteiger partial charge is 0.347 e. The maximum Gasteiger partial charge on any atom is 0.416 e. The number of nitrogens with zero attached hydrogens (tertiary/aromatic N) is 3. The standard InChI is InChI=1S/C13H13F3N4O2S/c1-20(2)12-17-7-10(8-18-12)19-23(21,22)11-5-3-9(4-6-11)13(14,15)16/h3-8,19H,1-2H3. The second-order valence-corrected chi connectivity index (χ2v) is 6.48. The first-order chi connectivity index (χ1) is 10.6. The zero-order chi connectivity index (χ0) is 17.3. The van der Waals surface area contributed by atoms with E-state index in [-0.39, 0.29) is 10.6 Å². The second kappa shape index (κ2) is 6.03. The molecular weight excluding hydrogens is 333 g/mol. The van der Waals surface area contributed by atoms with Gasteiger partial charge in [-0.1, -0.05) is 0 Å². The average Bonchev–Trinajstić information content (AvgIpc) is 2.46. The zero-order valence-corrected chi connectivity index (χ0v) is 13.0. The van der Waals surface area contributed by atoms with Crippen LogP contribution in [0.1, 0.15) is 5.56 Å². The fourth-order valence-electron chi connectivity index (χ4n) is 1.64. The Kier molecular flexibility index (Phi) is 4.46. The lowest BCUT2D eigenvalue weighted by molar-refractivity contribution is -0.137. The third-order valence-electron chi connectivity index (χ3n) is 2.78. The number of hydrogen-bond acceptors (Lipinski definition) is 5. The lowest BCUT2D eigenvalue weighted by atomic mass is 10.2. The van der Waals surface area contributed by atoms with Crippen LogP contribution in [0.15, 0.2) is 41.6 Å². The highest BCUT2D eigenvalue weighted by atomic mass is 32.2. The van der Waals surface area contributed by atoms with E-state index in [0.29, 0.717) is 18.1 Å². The van der Waals surface area contributed by atoms with Crippen LogP contribution in [0.4, 0.5) is 24.8 Å². The maximum absolute atomic E-state index is 12.5. The molecular formula is C13H13F3N4O2S. The van der Waals surface area contributed by atoms with Crippen molar-refractivity contribution in [2.75, 3.05) is 23.7 Å². The van der Waals surface area contributed by atoms with Gasteiger partial charge in [-0.25, -0.2) is 18.4 Å². The lowest BCUT2D eigenvalue weighted by Gasteiger charge is -2.12. The van der Waals surface area contributed by atoms with E-state index in [1.54, 1.807) is 19.0 Å². The number of halogens is 3. The zero-order valence-electron chi connectivity index (χ0n) is 12.2. The van der Waals surface area contributed by atoms with E-state index in [1.165, 1.54) is 12.4 Å². The maximum atomic E-state index is 12.5. The number of sulfonamides is 1. The van der Waals surface area contributed by atoms with Crippen LogP contribution in [-0.4, -0.2) is 32.5 Å². The molecule has 0 amide bonds. The van der Waals surface area contributed by atoms with Gasteiger partial charge in [0.1, 0.15) is 0 Å². The van der Waals surface area contributed by atoms with Gasteiger partial charge in [-0.15, -0.1) is 0 Å². The van der Waals surface area contributed by atoms with Gasteiger partial charge >= 0.3 is 6.18 Å². The molecule has 0 saturated carbocycles. The molecule has 0 unspecified atom stereocenters. The third kappa shape index (κ3) is 4.09. The van der Waals surface area contributed by atoms with Crippen molar-refractivity contribution in [1.82, 2.24) is 9.97 Å². The summed E-state index contributed by atoms with van der Waals surface area (Å²) in [5, 5.41) is 0. The highest BCUT2D eigenvalue weighted by Crippen LogP contribution is 2.30. The lowest BCUT2D eigenvalue weighted by Crippen LogP contribution is -2.16. The number of aromatic nitrogens is 2. The van der Waals surface area contributed by atoms with Crippen LogP contribution in [-0.2, 0) is 16.2 Å². The van der Waals surface area contributed by atoms with Gasteiger partial charge < -0.3 is 4.90 Å². The molecule has 0 aliphatic rings. The number of nitrogens with one attached hydrogen (secondary N) is 1. The van der Waals surface area contributed by atoms with Crippen LogP contribution in [0.5, 0.6) is 0 Å². The summed E-state index contributed by atoms with van der Waals surface area (Å²) in [6.45, 7) is 0. The Morgan fingerprint density at radius 3 is 2.00 bits per heavy atom. The van der Waals surface area contributed by atoms with E-state index in [1.807, 2.05) is 0 Å². The quantitative estimate of drug-likeness (QED) is 0.920. The van der Waals surface area contributed by atoms with Crippen molar-refractivity contribution in [1.29, 1.82) is 0 Å². The number of alkyl halides is 3. The summed E-state index contributed by atoms with van der Waals surface area (Å²) in [5.74, 6) is 0.391. The molecule has 1 N–H and O–H groups in total. The first-order valence-electron chi connectivity index (χ1n) is 6.29. The Morgan fingerprint density at radius 2 is 1.57 bits per heavy atom. The molecule has 0 fully saturated rings. The van der Waals surface area contributed by atoms with E-state index < -0.39 is 21.8 Å². The van der Waals surface area contributed by atoms with Crippen molar-refractivity contribution < 1.29 is 21.6 Å². The molecule has 0 bridgehead atoms. The monoisotopic (exact) mass is 346 g/mol. The predicted molar refractivity (Wildman–Crippen MR) is 78.6 cm³/mol. The second-order valence-electron chi connectivity index (χ2n) is 4.79. The van der Waals surface area contributed by atoms with Crippen LogP contribution >= 0.6 is 0 Å². The van der Waals surface area contributed by atoms with Crippen molar-refractivity contribution in [3.63, 3.8) is 0 Å². The summed E-state index contributed by atoms with van der Waals surface area (Å²) in [7, 11) is -0.572. The molecule has 1 aromatic carbocycles. The fourth-order valence-corrected chi connectivity index (χ4v) is 2.67. The van der Waals surface area contributed by atoms with E-state index in [9.17, 15) is 21.6 Å².